The number of rotatable bonds is 5. The molecular formula is C12H20ClN3S. The van der Waals surface area contributed by atoms with Gasteiger partial charge in [-0.15, -0.1) is 11.6 Å². The van der Waals surface area contributed by atoms with Gasteiger partial charge in [0.15, 0.2) is 0 Å². The predicted molar refractivity (Wildman–Crippen MR) is 74.2 cm³/mol. The van der Waals surface area contributed by atoms with Crippen LogP contribution in [-0.2, 0) is 6.42 Å². The molecule has 0 atom stereocenters. The van der Waals surface area contributed by atoms with E-state index in [2.05, 4.69) is 21.2 Å². The summed E-state index contributed by atoms with van der Waals surface area (Å²) in [7, 11) is 0. The maximum absolute atomic E-state index is 5.92. The molecule has 1 heterocycles. The highest BCUT2D eigenvalue weighted by Gasteiger charge is 2.23. The quantitative estimate of drug-likeness (QED) is 0.769. The fourth-order valence-electron chi connectivity index (χ4n) is 2.42. The Bertz CT molecular complexity index is 336. The molecule has 1 saturated carbocycles. The highest BCUT2D eigenvalue weighted by Crippen LogP contribution is 2.28. The van der Waals surface area contributed by atoms with Crippen molar-refractivity contribution >= 4 is 28.3 Å². The van der Waals surface area contributed by atoms with Crippen LogP contribution < -0.4 is 4.90 Å². The molecule has 0 bridgehead atoms. The van der Waals surface area contributed by atoms with E-state index in [9.17, 15) is 0 Å². The van der Waals surface area contributed by atoms with Crippen LogP contribution in [0.4, 0.5) is 5.13 Å². The molecule has 1 aromatic heterocycles. The maximum atomic E-state index is 5.92. The van der Waals surface area contributed by atoms with Crippen molar-refractivity contribution in [3.05, 3.63) is 5.82 Å². The third kappa shape index (κ3) is 3.32. The summed E-state index contributed by atoms with van der Waals surface area (Å²) in [4.78, 5) is 6.98. The number of aryl methyl sites for hydroxylation is 1. The number of halogens is 1. The average molecular weight is 274 g/mol. The average Bonchev–Trinajstić information content (AvgIpc) is 2.85. The Balaban J connectivity index is 2.09. The van der Waals surface area contributed by atoms with Crippen LogP contribution in [0.25, 0.3) is 0 Å². The Morgan fingerprint density at radius 2 is 2.12 bits per heavy atom. The van der Waals surface area contributed by atoms with Gasteiger partial charge in [0.1, 0.15) is 5.82 Å². The normalized spacial score (nSPS) is 17.3. The SMILES string of the molecule is CCc1nsc(N(CCCl)C2CCCCC2)n1. The second-order valence-electron chi connectivity index (χ2n) is 4.52. The first-order chi connectivity index (χ1) is 8.35. The molecule has 0 N–H and O–H groups in total. The minimum Gasteiger partial charge on any atom is -0.343 e. The summed E-state index contributed by atoms with van der Waals surface area (Å²) >= 11 is 7.44. The lowest BCUT2D eigenvalue weighted by Crippen LogP contribution is -2.38. The van der Waals surface area contributed by atoms with Gasteiger partial charge in [-0.2, -0.15) is 4.37 Å². The predicted octanol–water partition coefficient (Wildman–Crippen LogP) is 3.48. The summed E-state index contributed by atoms with van der Waals surface area (Å²) in [5, 5.41) is 1.06. The lowest BCUT2D eigenvalue weighted by molar-refractivity contribution is 0.418. The zero-order valence-corrected chi connectivity index (χ0v) is 11.9. The molecule has 17 heavy (non-hydrogen) atoms. The molecule has 0 unspecified atom stereocenters. The van der Waals surface area contributed by atoms with Crippen LogP contribution in [0.3, 0.4) is 0 Å². The summed E-state index contributed by atoms with van der Waals surface area (Å²) in [5.74, 6) is 1.62. The zero-order valence-electron chi connectivity index (χ0n) is 10.4. The van der Waals surface area contributed by atoms with Crippen molar-refractivity contribution in [1.82, 2.24) is 9.36 Å². The number of aromatic nitrogens is 2. The second-order valence-corrected chi connectivity index (χ2v) is 5.63. The Hall–Kier alpha value is -0.350. The maximum Gasteiger partial charge on any atom is 0.205 e. The molecule has 1 aliphatic carbocycles. The van der Waals surface area contributed by atoms with Crippen LogP contribution in [-0.4, -0.2) is 27.8 Å². The zero-order chi connectivity index (χ0) is 12.1. The molecule has 5 heteroatoms. The van der Waals surface area contributed by atoms with Gasteiger partial charge in [0, 0.05) is 36.4 Å². The Kier molecular flexibility index (Phi) is 5.04. The molecule has 3 nitrogen and oxygen atoms in total. The monoisotopic (exact) mass is 273 g/mol. The number of hydrogen-bond donors (Lipinski definition) is 0. The summed E-state index contributed by atoms with van der Waals surface area (Å²) in [6.45, 7) is 2.99. The summed E-state index contributed by atoms with van der Waals surface area (Å²) < 4.78 is 4.38. The number of alkyl halides is 1. The second kappa shape index (κ2) is 6.55. The van der Waals surface area contributed by atoms with Gasteiger partial charge in [-0.3, -0.25) is 0 Å². The molecule has 1 aliphatic rings. The van der Waals surface area contributed by atoms with Crippen LogP contribution >= 0.6 is 23.1 Å². The molecule has 1 fully saturated rings. The molecule has 2 rings (SSSR count). The van der Waals surface area contributed by atoms with Crippen LogP contribution in [0.2, 0.25) is 0 Å². The van der Waals surface area contributed by atoms with Crippen molar-refractivity contribution < 1.29 is 0 Å². The summed E-state index contributed by atoms with van der Waals surface area (Å²) in [6, 6.07) is 0.625. The molecule has 96 valence electrons. The summed E-state index contributed by atoms with van der Waals surface area (Å²) in [6.07, 6.45) is 7.51. The van der Waals surface area contributed by atoms with Crippen LogP contribution in [0, 0.1) is 0 Å². The van der Waals surface area contributed by atoms with E-state index in [-0.39, 0.29) is 0 Å². The molecular weight excluding hydrogens is 254 g/mol. The molecule has 0 saturated heterocycles. The molecule has 0 spiro atoms. The first kappa shape index (κ1) is 13.1. The molecule has 0 amide bonds. The first-order valence-electron chi connectivity index (χ1n) is 6.50. The Morgan fingerprint density at radius 3 is 2.71 bits per heavy atom. The first-order valence-corrected chi connectivity index (χ1v) is 7.81. The van der Waals surface area contributed by atoms with Crippen molar-refractivity contribution in [2.24, 2.45) is 0 Å². The van der Waals surface area contributed by atoms with E-state index in [0.717, 1.165) is 23.9 Å². The number of anilines is 1. The lowest BCUT2D eigenvalue weighted by Gasteiger charge is -2.33. The van der Waals surface area contributed by atoms with Gasteiger partial charge in [-0.05, 0) is 12.8 Å². The van der Waals surface area contributed by atoms with Gasteiger partial charge in [-0.25, -0.2) is 4.98 Å². The van der Waals surface area contributed by atoms with Gasteiger partial charge in [0.2, 0.25) is 5.13 Å². The van der Waals surface area contributed by atoms with Crippen LogP contribution in [0.1, 0.15) is 44.9 Å². The van der Waals surface area contributed by atoms with Gasteiger partial charge in [0.25, 0.3) is 0 Å². The van der Waals surface area contributed by atoms with E-state index < -0.39 is 0 Å². The third-order valence-corrected chi connectivity index (χ3v) is 4.32. The van der Waals surface area contributed by atoms with E-state index in [1.165, 1.54) is 43.6 Å². The van der Waals surface area contributed by atoms with E-state index in [0.29, 0.717) is 11.9 Å². The Labute approximate surface area is 112 Å². The summed E-state index contributed by atoms with van der Waals surface area (Å²) in [5.41, 5.74) is 0. The largest absolute Gasteiger partial charge is 0.343 e. The van der Waals surface area contributed by atoms with E-state index in [1.807, 2.05) is 0 Å². The van der Waals surface area contributed by atoms with E-state index in [1.54, 1.807) is 0 Å². The lowest BCUT2D eigenvalue weighted by atomic mass is 9.94. The van der Waals surface area contributed by atoms with Crippen molar-refractivity contribution in [1.29, 1.82) is 0 Å². The van der Waals surface area contributed by atoms with Crippen LogP contribution in [0.5, 0.6) is 0 Å². The fourth-order valence-corrected chi connectivity index (χ4v) is 3.45. The number of nitrogens with zero attached hydrogens (tertiary/aromatic N) is 3. The van der Waals surface area contributed by atoms with Crippen molar-refractivity contribution in [2.45, 2.75) is 51.5 Å². The van der Waals surface area contributed by atoms with E-state index in [4.69, 9.17) is 11.6 Å². The van der Waals surface area contributed by atoms with Gasteiger partial charge in [0.05, 0.1) is 0 Å². The molecule has 0 radical (unpaired) electrons. The minimum absolute atomic E-state index is 0.625. The van der Waals surface area contributed by atoms with Crippen LogP contribution in [0.15, 0.2) is 0 Å². The Morgan fingerprint density at radius 1 is 1.35 bits per heavy atom. The van der Waals surface area contributed by atoms with Crippen molar-refractivity contribution in [3.63, 3.8) is 0 Å². The van der Waals surface area contributed by atoms with Crippen molar-refractivity contribution in [3.8, 4) is 0 Å². The number of hydrogen-bond acceptors (Lipinski definition) is 4. The topological polar surface area (TPSA) is 29.0 Å². The third-order valence-electron chi connectivity index (χ3n) is 3.36. The van der Waals surface area contributed by atoms with Gasteiger partial charge < -0.3 is 4.90 Å². The smallest absolute Gasteiger partial charge is 0.205 e. The minimum atomic E-state index is 0.625. The molecule has 0 aliphatic heterocycles. The van der Waals surface area contributed by atoms with Gasteiger partial charge in [-0.1, -0.05) is 26.2 Å². The fraction of sp³-hybridized carbons (Fsp3) is 0.833. The molecule has 0 aromatic carbocycles. The van der Waals surface area contributed by atoms with Gasteiger partial charge >= 0.3 is 0 Å². The molecule has 1 aromatic rings. The van der Waals surface area contributed by atoms with E-state index >= 15 is 0 Å². The van der Waals surface area contributed by atoms with Crippen molar-refractivity contribution in [2.75, 3.05) is 17.3 Å². The highest BCUT2D eigenvalue weighted by atomic mass is 35.5. The highest BCUT2D eigenvalue weighted by molar-refractivity contribution is 7.09. The standard InChI is InChI=1S/C12H20ClN3S/c1-2-11-14-12(17-15-11)16(9-8-13)10-6-4-3-5-7-10/h10H,2-9H2,1H3.